The third kappa shape index (κ3) is 5.07. The average molecular weight is 433 g/mol. The molecular formula is C20H18Cl2N4O3. The van der Waals surface area contributed by atoms with E-state index < -0.39 is 5.91 Å². The number of aromatic nitrogens is 1. The number of nitrogens with two attached hydrogens (primary N) is 1. The molecule has 0 spiro atoms. The summed E-state index contributed by atoms with van der Waals surface area (Å²) in [6.45, 7) is 1.85. The molecule has 29 heavy (non-hydrogen) atoms. The van der Waals surface area contributed by atoms with Crippen molar-refractivity contribution in [2.24, 2.45) is 10.7 Å². The minimum Gasteiger partial charge on any atom is -0.497 e. The van der Waals surface area contributed by atoms with E-state index in [0.717, 1.165) is 5.56 Å². The highest BCUT2D eigenvalue weighted by atomic mass is 35.5. The molecule has 0 bridgehead atoms. The van der Waals surface area contributed by atoms with Crippen LogP contribution in [-0.4, -0.2) is 24.1 Å². The third-order valence-corrected chi connectivity index (χ3v) is 4.47. The van der Waals surface area contributed by atoms with Gasteiger partial charge in [0.1, 0.15) is 22.8 Å². The molecule has 150 valence electrons. The molecule has 0 aliphatic carbocycles. The van der Waals surface area contributed by atoms with Gasteiger partial charge < -0.3 is 15.0 Å². The smallest absolute Gasteiger partial charge is 0.263 e. The van der Waals surface area contributed by atoms with E-state index in [1.165, 1.54) is 0 Å². The quantitative estimate of drug-likeness (QED) is 0.464. The van der Waals surface area contributed by atoms with Crippen molar-refractivity contribution in [2.75, 3.05) is 7.11 Å². The lowest BCUT2D eigenvalue weighted by atomic mass is 10.1. The number of amides is 1. The van der Waals surface area contributed by atoms with Gasteiger partial charge in [-0.3, -0.25) is 10.1 Å². The van der Waals surface area contributed by atoms with Gasteiger partial charge in [0.25, 0.3) is 5.91 Å². The normalized spacial score (nSPS) is 11.4. The number of hydrogen-bond donors (Lipinski definition) is 2. The standard InChI is InChI=1S/C20H18Cl2N4O3/c1-11-17(18(26-29-11)13-4-3-5-16(8-13)28-2)19(27)25-20(23)24-10-12-6-14(21)9-15(22)7-12/h3-9H,10H2,1-2H3,(H3,23,24,25,27). The fraction of sp³-hybridized carbons (Fsp3) is 0.150. The molecule has 0 atom stereocenters. The van der Waals surface area contributed by atoms with Crippen LogP contribution in [0.1, 0.15) is 21.7 Å². The molecule has 0 saturated carbocycles. The molecule has 2 aromatic carbocycles. The lowest BCUT2D eigenvalue weighted by Gasteiger charge is -2.07. The van der Waals surface area contributed by atoms with Gasteiger partial charge in [-0.25, -0.2) is 4.99 Å². The maximum absolute atomic E-state index is 12.8. The van der Waals surface area contributed by atoms with E-state index in [-0.39, 0.29) is 18.1 Å². The van der Waals surface area contributed by atoms with Gasteiger partial charge in [-0.2, -0.15) is 0 Å². The zero-order valence-corrected chi connectivity index (χ0v) is 17.2. The van der Waals surface area contributed by atoms with E-state index >= 15 is 0 Å². The Balaban J connectivity index is 1.79. The number of carbonyl (C=O) groups is 1. The lowest BCUT2D eigenvalue weighted by molar-refractivity contribution is 0.0975. The number of nitrogens with zero attached hydrogens (tertiary/aromatic N) is 2. The summed E-state index contributed by atoms with van der Waals surface area (Å²) in [6.07, 6.45) is 0. The largest absolute Gasteiger partial charge is 0.497 e. The Morgan fingerprint density at radius 1 is 1.24 bits per heavy atom. The van der Waals surface area contributed by atoms with Crippen LogP contribution in [-0.2, 0) is 6.54 Å². The van der Waals surface area contributed by atoms with Gasteiger partial charge in [-0.05, 0) is 42.8 Å². The molecule has 0 saturated heterocycles. The Hall–Kier alpha value is -3.03. The number of rotatable bonds is 5. The Kier molecular flexibility index (Phi) is 6.41. The van der Waals surface area contributed by atoms with Gasteiger partial charge >= 0.3 is 0 Å². The molecule has 1 amide bonds. The summed E-state index contributed by atoms with van der Waals surface area (Å²) in [4.78, 5) is 16.9. The minimum atomic E-state index is -0.480. The van der Waals surface area contributed by atoms with Gasteiger partial charge in [0.2, 0.25) is 0 Å². The van der Waals surface area contributed by atoms with Crippen LogP contribution in [0, 0.1) is 6.92 Å². The van der Waals surface area contributed by atoms with Crippen molar-refractivity contribution < 1.29 is 14.1 Å². The van der Waals surface area contributed by atoms with Crippen molar-refractivity contribution in [3.63, 3.8) is 0 Å². The van der Waals surface area contributed by atoms with E-state index in [4.69, 9.17) is 38.2 Å². The lowest BCUT2D eigenvalue weighted by Crippen LogP contribution is -2.37. The number of aliphatic imine (C=N–C) groups is 1. The first-order valence-electron chi connectivity index (χ1n) is 8.54. The molecule has 1 heterocycles. The zero-order chi connectivity index (χ0) is 21.0. The monoisotopic (exact) mass is 432 g/mol. The highest BCUT2D eigenvalue weighted by molar-refractivity contribution is 6.34. The Morgan fingerprint density at radius 2 is 1.97 bits per heavy atom. The van der Waals surface area contributed by atoms with Crippen LogP contribution in [0.4, 0.5) is 0 Å². The summed E-state index contributed by atoms with van der Waals surface area (Å²) >= 11 is 11.9. The number of methoxy groups -OCH3 is 1. The van der Waals surface area contributed by atoms with Gasteiger partial charge in [-0.1, -0.05) is 40.5 Å². The van der Waals surface area contributed by atoms with Crippen molar-refractivity contribution in [2.45, 2.75) is 13.5 Å². The van der Waals surface area contributed by atoms with Crippen LogP contribution in [0.25, 0.3) is 11.3 Å². The Bertz CT molecular complexity index is 1060. The highest BCUT2D eigenvalue weighted by Crippen LogP contribution is 2.28. The zero-order valence-electron chi connectivity index (χ0n) is 15.7. The van der Waals surface area contributed by atoms with E-state index in [2.05, 4.69) is 15.5 Å². The summed E-state index contributed by atoms with van der Waals surface area (Å²) in [6, 6.07) is 12.2. The summed E-state index contributed by atoms with van der Waals surface area (Å²) in [7, 11) is 1.56. The average Bonchev–Trinajstić information content (AvgIpc) is 3.07. The van der Waals surface area contributed by atoms with Crippen molar-refractivity contribution >= 4 is 35.1 Å². The van der Waals surface area contributed by atoms with Crippen LogP contribution in [0.3, 0.4) is 0 Å². The SMILES string of the molecule is COc1cccc(-c2noc(C)c2C(=O)NC(N)=NCc2cc(Cl)cc(Cl)c2)c1. The topological polar surface area (TPSA) is 103 Å². The summed E-state index contributed by atoms with van der Waals surface area (Å²) in [5.41, 5.74) is 7.96. The molecular weight excluding hydrogens is 415 g/mol. The molecule has 0 unspecified atom stereocenters. The van der Waals surface area contributed by atoms with Crippen molar-refractivity contribution in [3.05, 3.63) is 69.4 Å². The van der Waals surface area contributed by atoms with Crippen LogP contribution in [0.15, 0.2) is 52.0 Å². The van der Waals surface area contributed by atoms with Crippen molar-refractivity contribution in [1.82, 2.24) is 10.5 Å². The number of aryl methyl sites for hydroxylation is 1. The number of guanidine groups is 1. The molecule has 7 nitrogen and oxygen atoms in total. The third-order valence-electron chi connectivity index (χ3n) is 4.03. The second-order valence-electron chi connectivity index (χ2n) is 6.13. The number of carbonyl (C=O) groups excluding carboxylic acids is 1. The molecule has 9 heteroatoms. The predicted molar refractivity (Wildman–Crippen MR) is 112 cm³/mol. The first-order chi connectivity index (χ1) is 13.9. The Labute approximate surface area is 177 Å². The number of hydrogen-bond acceptors (Lipinski definition) is 5. The number of halogens is 2. The fourth-order valence-corrected chi connectivity index (χ4v) is 3.28. The second kappa shape index (κ2) is 8.98. The molecule has 0 aliphatic rings. The number of benzene rings is 2. The van der Waals surface area contributed by atoms with E-state index in [0.29, 0.717) is 32.8 Å². The predicted octanol–water partition coefficient (Wildman–Crippen LogP) is 4.21. The molecule has 3 rings (SSSR count). The van der Waals surface area contributed by atoms with Gasteiger partial charge in [0.05, 0.1) is 13.7 Å². The number of nitrogens with one attached hydrogen (secondary N) is 1. The van der Waals surface area contributed by atoms with Gasteiger partial charge in [0.15, 0.2) is 5.96 Å². The molecule has 0 fully saturated rings. The van der Waals surface area contributed by atoms with Crippen molar-refractivity contribution in [1.29, 1.82) is 0 Å². The van der Waals surface area contributed by atoms with Crippen molar-refractivity contribution in [3.8, 4) is 17.0 Å². The van der Waals surface area contributed by atoms with Crippen LogP contribution >= 0.6 is 23.2 Å². The Morgan fingerprint density at radius 3 is 2.66 bits per heavy atom. The first kappa shape index (κ1) is 20.7. The molecule has 3 N–H and O–H groups in total. The highest BCUT2D eigenvalue weighted by Gasteiger charge is 2.22. The van der Waals surface area contributed by atoms with Crippen LogP contribution in [0.5, 0.6) is 5.75 Å². The number of ether oxygens (including phenoxy) is 1. The maximum Gasteiger partial charge on any atom is 0.263 e. The minimum absolute atomic E-state index is 0.0525. The van der Waals surface area contributed by atoms with Gasteiger partial charge in [0, 0.05) is 15.6 Å². The van der Waals surface area contributed by atoms with Crippen LogP contribution < -0.4 is 15.8 Å². The summed E-state index contributed by atoms with van der Waals surface area (Å²) < 4.78 is 10.4. The maximum atomic E-state index is 12.8. The molecule has 0 aliphatic heterocycles. The summed E-state index contributed by atoms with van der Waals surface area (Å²) in [5, 5.41) is 7.54. The molecule has 1 aromatic heterocycles. The van der Waals surface area contributed by atoms with Crippen LogP contribution in [0.2, 0.25) is 10.0 Å². The second-order valence-corrected chi connectivity index (χ2v) is 7.00. The fourth-order valence-electron chi connectivity index (χ4n) is 2.70. The molecule has 0 radical (unpaired) electrons. The summed E-state index contributed by atoms with van der Waals surface area (Å²) in [5.74, 6) is 0.459. The van der Waals surface area contributed by atoms with E-state index in [1.807, 2.05) is 0 Å². The van der Waals surface area contributed by atoms with E-state index in [1.54, 1.807) is 56.5 Å². The first-order valence-corrected chi connectivity index (χ1v) is 9.30. The molecule has 3 aromatic rings. The van der Waals surface area contributed by atoms with Gasteiger partial charge in [-0.15, -0.1) is 0 Å². The van der Waals surface area contributed by atoms with E-state index in [9.17, 15) is 4.79 Å².